The first-order chi connectivity index (χ1) is 12.2. The van der Waals surface area contributed by atoms with E-state index in [2.05, 4.69) is 29.1 Å². The van der Waals surface area contributed by atoms with Gasteiger partial charge in [0.1, 0.15) is 12.4 Å². The van der Waals surface area contributed by atoms with Crippen LogP contribution in [0.5, 0.6) is 5.75 Å². The molecular weight excluding hydrogens is 445 g/mol. The highest BCUT2D eigenvalue weighted by Gasteiger charge is 2.17. The molecular formula is C19H30IN3O3. The molecule has 1 fully saturated rings. The number of hydrogen-bond donors (Lipinski definition) is 2. The van der Waals surface area contributed by atoms with Gasteiger partial charge in [0.25, 0.3) is 0 Å². The normalized spacial score (nSPS) is 17.9. The Morgan fingerprint density at radius 1 is 1.46 bits per heavy atom. The van der Waals surface area contributed by atoms with Crippen LogP contribution in [-0.4, -0.2) is 51.6 Å². The fourth-order valence-electron chi connectivity index (χ4n) is 2.51. The number of nitrogens with zero attached hydrogens (tertiary/aromatic N) is 1. The Balaban J connectivity index is 0.00000338. The van der Waals surface area contributed by atoms with Crippen LogP contribution >= 0.6 is 24.0 Å². The quantitative estimate of drug-likeness (QED) is 0.249. The highest BCUT2D eigenvalue weighted by Crippen LogP contribution is 2.17. The largest absolute Gasteiger partial charge is 0.489 e. The molecule has 1 saturated heterocycles. The van der Waals surface area contributed by atoms with Crippen molar-refractivity contribution in [2.24, 2.45) is 4.99 Å². The lowest BCUT2D eigenvalue weighted by Crippen LogP contribution is -2.44. The second-order valence-corrected chi connectivity index (χ2v) is 6.00. The molecule has 0 bridgehead atoms. The molecule has 146 valence electrons. The SMILES string of the molecule is C=CCOc1ccccc1CNC(=NC)NC(C)COC1CCOC1.I. The van der Waals surface area contributed by atoms with Gasteiger partial charge >= 0.3 is 0 Å². The van der Waals surface area contributed by atoms with Crippen LogP contribution in [0, 0.1) is 0 Å². The molecule has 1 aromatic carbocycles. The van der Waals surface area contributed by atoms with Gasteiger partial charge in [-0.3, -0.25) is 4.99 Å². The molecule has 0 aliphatic carbocycles. The third-order valence-corrected chi connectivity index (χ3v) is 3.85. The molecule has 0 amide bonds. The molecule has 1 aliphatic rings. The second kappa shape index (κ2) is 12.9. The average molecular weight is 475 g/mol. The average Bonchev–Trinajstić information content (AvgIpc) is 3.16. The molecule has 2 rings (SSSR count). The standard InChI is InChI=1S/C19H29N3O3.HI/c1-4-10-24-18-8-6-5-7-16(18)12-21-19(20-3)22-15(2)13-25-17-9-11-23-14-17;/h4-8,15,17H,1,9-14H2,2-3H3,(H2,20,21,22);1H. The van der Waals surface area contributed by atoms with E-state index in [-0.39, 0.29) is 36.1 Å². The number of ether oxygens (including phenoxy) is 3. The van der Waals surface area contributed by atoms with Crippen molar-refractivity contribution >= 4 is 29.9 Å². The molecule has 0 saturated carbocycles. The first-order valence-corrected chi connectivity index (χ1v) is 8.71. The minimum Gasteiger partial charge on any atom is -0.489 e. The molecule has 0 spiro atoms. The van der Waals surface area contributed by atoms with Gasteiger partial charge < -0.3 is 24.8 Å². The molecule has 1 aromatic rings. The molecule has 1 aliphatic heterocycles. The summed E-state index contributed by atoms with van der Waals surface area (Å²) in [4.78, 5) is 4.27. The van der Waals surface area contributed by atoms with E-state index >= 15 is 0 Å². The van der Waals surface area contributed by atoms with Gasteiger partial charge in [0.05, 0.1) is 19.3 Å². The van der Waals surface area contributed by atoms with E-state index in [1.807, 2.05) is 24.3 Å². The molecule has 0 radical (unpaired) electrons. The summed E-state index contributed by atoms with van der Waals surface area (Å²) in [6.07, 6.45) is 2.93. The Morgan fingerprint density at radius 2 is 2.27 bits per heavy atom. The summed E-state index contributed by atoms with van der Waals surface area (Å²) >= 11 is 0. The van der Waals surface area contributed by atoms with Gasteiger partial charge in [-0.1, -0.05) is 30.9 Å². The van der Waals surface area contributed by atoms with Gasteiger partial charge in [-0.25, -0.2) is 0 Å². The second-order valence-electron chi connectivity index (χ2n) is 6.00. The smallest absolute Gasteiger partial charge is 0.191 e. The number of nitrogens with one attached hydrogen (secondary N) is 2. The van der Waals surface area contributed by atoms with Gasteiger partial charge in [-0.2, -0.15) is 0 Å². The maximum Gasteiger partial charge on any atom is 0.191 e. The number of halogens is 1. The van der Waals surface area contributed by atoms with Crippen molar-refractivity contribution in [1.29, 1.82) is 0 Å². The predicted molar refractivity (Wildman–Crippen MR) is 116 cm³/mol. The van der Waals surface area contributed by atoms with Crippen LogP contribution in [-0.2, 0) is 16.0 Å². The zero-order valence-electron chi connectivity index (χ0n) is 15.6. The summed E-state index contributed by atoms with van der Waals surface area (Å²) in [5.41, 5.74) is 1.07. The number of aliphatic imine (C=N–C) groups is 1. The number of rotatable bonds is 9. The lowest BCUT2D eigenvalue weighted by atomic mass is 10.2. The van der Waals surface area contributed by atoms with Crippen molar-refractivity contribution in [2.45, 2.75) is 32.0 Å². The molecule has 0 aromatic heterocycles. The van der Waals surface area contributed by atoms with Crippen LogP contribution in [0.1, 0.15) is 18.9 Å². The maximum absolute atomic E-state index is 5.84. The first kappa shape index (κ1) is 22.7. The monoisotopic (exact) mass is 475 g/mol. The molecule has 26 heavy (non-hydrogen) atoms. The molecule has 7 heteroatoms. The van der Waals surface area contributed by atoms with E-state index in [4.69, 9.17) is 14.2 Å². The van der Waals surface area contributed by atoms with Crippen molar-refractivity contribution in [3.8, 4) is 5.75 Å². The zero-order chi connectivity index (χ0) is 17.9. The fourth-order valence-corrected chi connectivity index (χ4v) is 2.51. The van der Waals surface area contributed by atoms with Crippen molar-refractivity contribution in [2.75, 3.05) is 33.5 Å². The van der Waals surface area contributed by atoms with Crippen molar-refractivity contribution < 1.29 is 14.2 Å². The predicted octanol–water partition coefficient (Wildman–Crippen LogP) is 2.73. The van der Waals surface area contributed by atoms with Crippen LogP contribution in [0.25, 0.3) is 0 Å². The number of benzene rings is 1. The molecule has 2 unspecified atom stereocenters. The Morgan fingerprint density at radius 3 is 2.96 bits per heavy atom. The van der Waals surface area contributed by atoms with E-state index in [9.17, 15) is 0 Å². The molecule has 2 N–H and O–H groups in total. The Bertz CT molecular complexity index is 563. The molecule has 2 atom stereocenters. The Labute approximate surface area is 173 Å². The maximum atomic E-state index is 5.84. The lowest BCUT2D eigenvalue weighted by Gasteiger charge is -2.20. The van der Waals surface area contributed by atoms with Crippen LogP contribution in [0.4, 0.5) is 0 Å². The summed E-state index contributed by atoms with van der Waals surface area (Å²) in [6, 6.07) is 8.09. The summed E-state index contributed by atoms with van der Waals surface area (Å²) in [5.74, 6) is 1.58. The van der Waals surface area contributed by atoms with E-state index in [1.54, 1.807) is 13.1 Å². The van der Waals surface area contributed by atoms with Crippen LogP contribution < -0.4 is 15.4 Å². The van der Waals surface area contributed by atoms with Gasteiger partial charge in [0.15, 0.2) is 5.96 Å². The Kier molecular flexibility index (Phi) is 11.3. The summed E-state index contributed by atoms with van der Waals surface area (Å²) < 4.78 is 16.8. The number of guanidine groups is 1. The number of hydrogen-bond acceptors (Lipinski definition) is 4. The summed E-state index contributed by atoms with van der Waals surface area (Å²) in [5, 5.41) is 6.65. The van der Waals surface area contributed by atoms with Crippen LogP contribution in [0.3, 0.4) is 0 Å². The topological polar surface area (TPSA) is 64.1 Å². The van der Waals surface area contributed by atoms with E-state index in [0.717, 1.165) is 30.3 Å². The van der Waals surface area contributed by atoms with Crippen molar-refractivity contribution in [1.82, 2.24) is 10.6 Å². The first-order valence-electron chi connectivity index (χ1n) is 8.71. The van der Waals surface area contributed by atoms with Crippen molar-refractivity contribution in [3.05, 3.63) is 42.5 Å². The summed E-state index contributed by atoms with van der Waals surface area (Å²) in [7, 11) is 1.76. The highest BCUT2D eigenvalue weighted by molar-refractivity contribution is 14.0. The van der Waals surface area contributed by atoms with E-state index < -0.39 is 0 Å². The van der Waals surface area contributed by atoms with Gasteiger partial charge in [-0.05, 0) is 19.4 Å². The van der Waals surface area contributed by atoms with Crippen LogP contribution in [0.15, 0.2) is 41.9 Å². The third kappa shape index (κ3) is 7.92. The Hall–Kier alpha value is -1.32. The van der Waals surface area contributed by atoms with Gasteiger partial charge in [-0.15, -0.1) is 24.0 Å². The highest BCUT2D eigenvalue weighted by atomic mass is 127. The lowest BCUT2D eigenvalue weighted by molar-refractivity contribution is 0.0347. The summed E-state index contributed by atoms with van der Waals surface area (Å²) in [6.45, 7) is 8.98. The van der Waals surface area contributed by atoms with E-state index in [1.165, 1.54) is 0 Å². The van der Waals surface area contributed by atoms with Gasteiger partial charge in [0, 0.05) is 31.8 Å². The number of para-hydroxylation sites is 1. The minimum atomic E-state index is 0. The molecule has 1 heterocycles. The molecule has 6 nitrogen and oxygen atoms in total. The zero-order valence-corrected chi connectivity index (χ0v) is 17.9. The third-order valence-electron chi connectivity index (χ3n) is 3.85. The van der Waals surface area contributed by atoms with Gasteiger partial charge in [0.2, 0.25) is 0 Å². The fraction of sp³-hybridized carbons (Fsp3) is 0.526. The van der Waals surface area contributed by atoms with Crippen molar-refractivity contribution in [3.63, 3.8) is 0 Å². The van der Waals surface area contributed by atoms with Crippen LogP contribution in [0.2, 0.25) is 0 Å². The van der Waals surface area contributed by atoms with E-state index in [0.29, 0.717) is 26.4 Å². The minimum absolute atomic E-state index is 0.